The van der Waals surface area contributed by atoms with Crippen LogP contribution in [0.1, 0.15) is 10.4 Å². The summed E-state index contributed by atoms with van der Waals surface area (Å²) in [5.41, 5.74) is 7.40. The van der Waals surface area contributed by atoms with Gasteiger partial charge >= 0.3 is 0 Å². The Kier molecular flexibility index (Phi) is 3.47. The first-order valence-electron chi connectivity index (χ1n) is 5.32. The second-order valence-corrected chi connectivity index (χ2v) is 4.41. The standard InChI is InChI=1S/C12H12N4OS/c1-16(7-11(13)18)12(17)8-2-3-9-10(6-8)15-5-4-14-9/h2-6H,7H2,1H3,(H2,13,18). The van der Waals surface area contributed by atoms with Crippen molar-refractivity contribution in [1.29, 1.82) is 0 Å². The van der Waals surface area contributed by atoms with E-state index in [2.05, 4.69) is 9.97 Å². The highest BCUT2D eigenvalue weighted by Gasteiger charge is 2.12. The van der Waals surface area contributed by atoms with Gasteiger partial charge in [-0.1, -0.05) is 12.2 Å². The van der Waals surface area contributed by atoms with Crippen molar-refractivity contribution >= 4 is 34.1 Å². The van der Waals surface area contributed by atoms with E-state index < -0.39 is 0 Å². The first kappa shape index (κ1) is 12.4. The first-order valence-corrected chi connectivity index (χ1v) is 5.73. The number of aromatic nitrogens is 2. The lowest BCUT2D eigenvalue weighted by atomic mass is 10.1. The van der Waals surface area contributed by atoms with Crippen molar-refractivity contribution in [2.75, 3.05) is 13.6 Å². The number of carbonyl (C=O) groups is 1. The van der Waals surface area contributed by atoms with E-state index in [9.17, 15) is 4.79 Å². The third-order valence-electron chi connectivity index (χ3n) is 2.46. The Labute approximate surface area is 110 Å². The number of likely N-dealkylation sites (N-methyl/N-ethyl adjacent to an activating group) is 1. The van der Waals surface area contributed by atoms with Crippen LogP contribution in [-0.2, 0) is 0 Å². The van der Waals surface area contributed by atoms with E-state index in [0.29, 0.717) is 11.1 Å². The highest BCUT2D eigenvalue weighted by molar-refractivity contribution is 7.80. The van der Waals surface area contributed by atoms with Crippen LogP contribution in [0.25, 0.3) is 11.0 Å². The smallest absolute Gasteiger partial charge is 0.254 e. The van der Waals surface area contributed by atoms with Crippen LogP contribution in [0.15, 0.2) is 30.6 Å². The third kappa shape index (κ3) is 2.60. The molecule has 1 aromatic carbocycles. The molecule has 18 heavy (non-hydrogen) atoms. The second-order valence-electron chi connectivity index (χ2n) is 3.89. The lowest BCUT2D eigenvalue weighted by molar-refractivity contribution is 0.0815. The Hall–Kier alpha value is -2.08. The number of amides is 1. The Morgan fingerprint density at radius 3 is 2.67 bits per heavy atom. The molecule has 2 rings (SSSR count). The van der Waals surface area contributed by atoms with Gasteiger partial charge in [-0.25, -0.2) is 0 Å². The minimum Gasteiger partial charge on any atom is -0.392 e. The number of hydrogen-bond donors (Lipinski definition) is 1. The van der Waals surface area contributed by atoms with Crippen molar-refractivity contribution in [3.63, 3.8) is 0 Å². The maximum absolute atomic E-state index is 12.1. The molecule has 0 spiro atoms. The summed E-state index contributed by atoms with van der Waals surface area (Å²) in [7, 11) is 1.66. The number of benzene rings is 1. The second kappa shape index (κ2) is 5.05. The van der Waals surface area contributed by atoms with Crippen LogP contribution in [0.3, 0.4) is 0 Å². The average molecular weight is 260 g/mol. The number of thiocarbonyl (C=S) groups is 1. The lowest BCUT2D eigenvalue weighted by Gasteiger charge is -2.16. The van der Waals surface area contributed by atoms with Gasteiger partial charge in [0.1, 0.15) is 0 Å². The molecule has 0 atom stereocenters. The number of carbonyl (C=O) groups excluding carboxylic acids is 1. The predicted molar refractivity (Wildman–Crippen MR) is 73.3 cm³/mol. The molecule has 0 unspecified atom stereocenters. The molecule has 5 nitrogen and oxygen atoms in total. The maximum Gasteiger partial charge on any atom is 0.254 e. The van der Waals surface area contributed by atoms with E-state index in [-0.39, 0.29) is 17.4 Å². The highest BCUT2D eigenvalue weighted by Crippen LogP contribution is 2.12. The predicted octanol–water partition coefficient (Wildman–Crippen LogP) is 0.988. The molecule has 0 fully saturated rings. The number of nitrogens with zero attached hydrogens (tertiary/aromatic N) is 3. The molecule has 2 aromatic rings. The van der Waals surface area contributed by atoms with Crippen LogP contribution in [0.4, 0.5) is 0 Å². The van der Waals surface area contributed by atoms with Crippen LogP contribution in [0.5, 0.6) is 0 Å². The minimum atomic E-state index is -0.143. The minimum absolute atomic E-state index is 0.143. The molecule has 2 N–H and O–H groups in total. The third-order valence-corrected chi connectivity index (χ3v) is 2.59. The fourth-order valence-electron chi connectivity index (χ4n) is 1.62. The quantitative estimate of drug-likeness (QED) is 0.833. The summed E-state index contributed by atoms with van der Waals surface area (Å²) < 4.78 is 0. The van der Waals surface area contributed by atoms with Crippen molar-refractivity contribution in [2.45, 2.75) is 0 Å². The van der Waals surface area contributed by atoms with Crippen molar-refractivity contribution < 1.29 is 4.79 Å². The monoisotopic (exact) mass is 260 g/mol. The summed E-state index contributed by atoms with van der Waals surface area (Å²) in [4.78, 5) is 22.1. The van der Waals surface area contributed by atoms with E-state index in [0.717, 1.165) is 5.52 Å². The zero-order valence-corrected chi connectivity index (χ0v) is 10.6. The molecular formula is C12H12N4OS. The average Bonchev–Trinajstić information content (AvgIpc) is 2.36. The molecule has 92 valence electrons. The summed E-state index contributed by atoms with van der Waals surface area (Å²) in [6.45, 7) is 0.257. The van der Waals surface area contributed by atoms with Gasteiger partial charge < -0.3 is 10.6 Å². The normalized spacial score (nSPS) is 10.3. The van der Waals surface area contributed by atoms with Gasteiger partial charge in [0.15, 0.2) is 0 Å². The van der Waals surface area contributed by atoms with E-state index in [4.69, 9.17) is 18.0 Å². The molecule has 0 bridgehead atoms. The molecule has 0 saturated carbocycles. The maximum atomic E-state index is 12.1. The number of nitrogens with two attached hydrogens (primary N) is 1. The van der Waals surface area contributed by atoms with Crippen LogP contribution >= 0.6 is 12.2 Å². The summed E-state index contributed by atoms with van der Waals surface area (Å²) in [5.74, 6) is -0.143. The summed E-state index contributed by atoms with van der Waals surface area (Å²) in [6, 6.07) is 5.19. The van der Waals surface area contributed by atoms with Crippen LogP contribution < -0.4 is 5.73 Å². The molecule has 1 amide bonds. The van der Waals surface area contributed by atoms with Gasteiger partial charge in [-0.3, -0.25) is 14.8 Å². The zero-order valence-electron chi connectivity index (χ0n) is 9.83. The lowest BCUT2D eigenvalue weighted by Crippen LogP contribution is -2.34. The number of rotatable bonds is 3. The van der Waals surface area contributed by atoms with E-state index in [1.165, 1.54) is 4.90 Å². The van der Waals surface area contributed by atoms with Gasteiger partial charge in [-0.05, 0) is 18.2 Å². The van der Waals surface area contributed by atoms with Crippen LogP contribution in [0.2, 0.25) is 0 Å². The van der Waals surface area contributed by atoms with E-state index in [1.54, 1.807) is 37.6 Å². The molecule has 6 heteroatoms. The molecule has 0 saturated heterocycles. The van der Waals surface area contributed by atoms with Gasteiger partial charge in [-0.2, -0.15) is 0 Å². The molecule has 0 aliphatic carbocycles. The number of hydrogen-bond acceptors (Lipinski definition) is 4. The largest absolute Gasteiger partial charge is 0.392 e. The van der Waals surface area contributed by atoms with Crippen molar-refractivity contribution in [3.8, 4) is 0 Å². The Morgan fingerprint density at radius 2 is 2.00 bits per heavy atom. The molecule has 1 heterocycles. The van der Waals surface area contributed by atoms with Crippen LogP contribution in [0, 0.1) is 0 Å². The fourth-order valence-corrected chi connectivity index (χ4v) is 1.82. The molecule has 1 aromatic heterocycles. The molecule has 0 radical (unpaired) electrons. The topological polar surface area (TPSA) is 72.1 Å². The van der Waals surface area contributed by atoms with E-state index in [1.807, 2.05) is 0 Å². The molecule has 0 aliphatic heterocycles. The highest BCUT2D eigenvalue weighted by atomic mass is 32.1. The van der Waals surface area contributed by atoms with Gasteiger partial charge in [0, 0.05) is 25.0 Å². The Balaban J connectivity index is 2.30. The van der Waals surface area contributed by atoms with Crippen LogP contribution in [-0.4, -0.2) is 39.4 Å². The fraction of sp³-hybridized carbons (Fsp3) is 0.167. The molecule has 0 aliphatic rings. The van der Waals surface area contributed by atoms with Crippen molar-refractivity contribution in [1.82, 2.24) is 14.9 Å². The zero-order chi connectivity index (χ0) is 13.1. The Morgan fingerprint density at radius 1 is 1.33 bits per heavy atom. The van der Waals surface area contributed by atoms with Crippen molar-refractivity contribution in [3.05, 3.63) is 36.2 Å². The van der Waals surface area contributed by atoms with Gasteiger partial charge in [0.05, 0.1) is 22.6 Å². The summed E-state index contributed by atoms with van der Waals surface area (Å²) in [6.07, 6.45) is 3.21. The summed E-state index contributed by atoms with van der Waals surface area (Å²) >= 11 is 4.78. The van der Waals surface area contributed by atoms with Gasteiger partial charge in [-0.15, -0.1) is 0 Å². The van der Waals surface area contributed by atoms with Gasteiger partial charge in [0.25, 0.3) is 5.91 Å². The Bertz CT molecular complexity index is 614. The SMILES string of the molecule is CN(CC(N)=S)C(=O)c1ccc2nccnc2c1. The first-order chi connectivity index (χ1) is 8.58. The molecular weight excluding hydrogens is 248 g/mol. The van der Waals surface area contributed by atoms with Crippen molar-refractivity contribution in [2.24, 2.45) is 5.73 Å². The summed E-state index contributed by atoms with van der Waals surface area (Å²) in [5, 5.41) is 0. The number of fused-ring (bicyclic) bond motifs is 1. The van der Waals surface area contributed by atoms with E-state index >= 15 is 0 Å². The van der Waals surface area contributed by atoms with Gasteiger partial charge in [0.2, 0.25) is 0 Å².